The van der Waals surface area contributed by atoms with Crippen molar-refractivity contribution in [3.05, 3.63) is 89.8 Å². The van der Waals surface area contributed by atoms with Gasteiger partial charge < -0.3 is 9.47 Å². The molecule has 0 aliphatic rings. The molecule has 3 aromatic carbocycles. The lowest BCUT2D eigenvalue weighted by Crippen LogP contribution is -2.20. The van der Waals surface area contributed by atoms with Crippen LogP contribution in [0.5, 0.6) is 11.5 Å². The van der Waals surface area contributed by atoms with Crippen molar-refractivity contribution in [2.24, 2.45) is 10.2 Å². The van der Waals surface area contributed by atoms with Crippen LogP contribution in [-0.4, -0.2) is 14.2 Å². The Kier molecular flexibility index (Phi) is 6.88. The van der Waals surface area contributed by atoms with Crippen LogP contribution in [0.4, 0.5) is 11.4 Å². The van der Waals surface area contributed by atoms with Gasteiger partial charge in [0.25, 0.3) is 0 Å². The fraction of sp³-hybridized carbons (Fsp3) is 0.269. The topological polar surface area (TPSA) is 43.2 Å². The minimum Gasteiger partial charge on any atom is -0.497 e. The van der Waals surface area contributed by atoms with Gasteiger partial charge in [-0.15, -0.1) is 0 Å². The summed E-state index contributed by atoms with van der Waals surface area (Å²) in [6.07, 6.45) is 0.911. The summed E-state index contributed by atoms with van der Waals surface area (Å²) in [5, 5.41) is 8.60. The van der Waals surface area contributed by atoms with Crippen molar-refractivity contribution in [3.63, 3.8) is 0 Å². The van der Waals surface area contributed by atoms with Crippen molar-refractivity contribution >= 4 is 11.4 Å². The van der Waals surface area contributed by atoms with E-state index in [0.717, 1.165) is 29.3 Å². The molecule has 0 atom stereocenters. The van der Waals surface area contributed by atoms with E-state index in [2.05, 4.69) is 55.3 Å². The number of methoxy groups -OCH3 is 2. The summed E-state index contributed by atoms with van der Waals surface area (Å²) < 4.78 is 10.9. The van der Waals surface area contributed by atoms with Crippen molar-refractivity contribution < 1.29 is 9.47 Å². The number of nitrogens with zero attached hydrogens (tertiary/aromatic N) is 2. The monoisotopic (exact) mass is 401 g/mol. The number of benzene rings is 3. The second kappa shape index (κ2) is 9.57. The lowest BCUT2D eigenvalue weighted by molar-refractivity contribution is 0.389. The molecule has 4 heteroatoms. The van der Waals surface area contributed by atoms with Gasteiger partial charge in [0, 0.05) is 12.0 Å². The van der Waals surface area contributed by atoms with Crippen molar-refractivity contribution in [2.45, 2.75) is 32.6 Å². The molecule has 0 N–H and O–H groups in total. The van der Waals surface area contributed by atoms with Crippen LogP contribution in [0.15, 0.2) is 83.0 Å². The van der Waals surface area contributed by atoms with Gasteiger partial charge in [-0.05, 0) is 59.4 Å². The average molecular weight is 402 g/mol. The van der Waals surface area contributed by atoms with E-state index in [4.69, 9.17) is 9.47 Å². The van der Waals surface area contributed by atoms with Gasteiger partial charge in [-0.25, -0.2) is 0 Å². The van der Waals surface area contributed by atoms with Crippen LogP contribution < -0.4 is 9.47 Å². The van der Waals surface area contributed by atoms with Gasteiger partial charge in [0.2, 0.25) is 0 Å². The zero-order valence-corrected chi connectivity index (χ0v) is 18.3. The molecule has 0 heterocycles. The van der Waals surface area contributed by atoms with Crippen LogP contribution in [0, 0.1) is 5.92 Å². The van der Waals surface area contributed by atoms with Gasteiger partial charge in [0.15, 0.2) is 0 Å². The highest BCUT2D eigenvalue weighted by Gasteiger charge is 2.26. The molecule has 1 radical (unpaired) electrons. The Labute approximate surface area is 179 Å². The lowest BCUT2D eigenvalue weighted by Gasteiger charge is -2.29. The molecule has 0 saturated heterocycles. The molecule has 4 nitrogen and oxygen atoms in total. The maximum Gasteiger partial charge on any atom is 0.122 e. The quantitative estimate of drug-likeness (QED) is 0.368. The Morgan fingerprint density at radius 3 is 1.83 bits per heavy atom. The fourth-order valence-corrected chi connectivity index (χ4v) is 3.49. The second-order valence-electron chi connectivity index (χ2n) is 8.02. The van der Waals surface area contributed by atoms with Gasteiger partial charge in [-0.1, -0.05) is 51.1 Å². The number of rotatable bonds is 8. The third kappa shape index (κ3) is 5.47. The van der Waals surface area contributed by atoms with Crippen LogP contribution in [-0.2, 0) is 5.41 Å². The Bertz CT molecular complexity index is 957. The van der Waals surface area contributed by atoms with Crippen LogP contribution >= 0.6 is 0 Å². The Morgan fingerprint density at radius 2 is 1.30 bits per heavy atom. The summed E-state index contributed by atoms with van der Waals surface area (Å²) in [5.41, 5.74) is 4.01. The SMILES string of the molecule is COc1cc(OC)cc(C(C)(C)C[C](C)c2ccc(N=Nc3ccccc3)cc2)c1. The molecule has 0 aliphatic carbocycles. The van der Waals surface area contributed by atoms with Crippen LogP contribution in [0.25, 0.3) is 0 Å². The Morgan fingerprint density at radius 1 is 0.767 bits per heavy atom. The van der Waals surface area contributed by atoms with E-state index < -0.39 is 0 Å². The molecule has 0 spiro atoms. The van der Waals surface area contributed by atoms with Crippen LogP contribution in [0.2, 0.25) is 0 Å². The van der Waals surface area contributed by atoms with E-state index in [1.165, 1.54) is 17.0 Å². The largest absolute Gasteiger partial charge is 0.497 e. The van der Waals surface area contributed by atoms with Gasteiger partial charge >= 0.3 is 0 Å². The normalized spacial score (nSPS) is 11.8. The molecule has 0 fully saturated rings. The molecule has 0 saturated carbocycles. The fourth-order valence-electron chi connectivity index (χ4n) is 3.49. The van der Waals surface area contributed by atoms with Crippen LogP contribution in [0.3, 0.4) is 0 Å². The maximum absolute atomic E-state index is 5.44. The van der Waals surface area contributed by atoms with Gasteiger partial charge in [0.1, 0.15) is 11.5 Å². The van der Waals surface area contributed by atoms with E-state index in [0.29, 0.717) is 0 Å². The Hall–Kier alpha value is -3.14. The first-order chi connectivity index (χ1) is 14.4. The third-order valence-electron chi connectivity index (χ3n) is 5.24. The van der Waals surface area contributed by atoms with Crippen molar-refractivity contribution in [3.8, 4) is 11.5 Å². The lowest BCUT2D eigenvalue weighted by atomic mass is 9.75. The molecular formula is C26H29N2O2. The smallest absolute Gasteiger partial charge is 0.122 e. The van der Waals surface area contributed by atoms with Crippen molar-refractivity contribution in [1.29, 1.82) is 0 Å². The molecule has 0 amide bonds. The predicted molar refractivity (Wildman–Crippen MR) is 122 cm³/mol. The van der Waals surface area contributed by atoms with E-state index >= 15 is 0 Å². The number of ether oxygens (including phenoxy) is 2. The van der Waals surface area contributed by atoms with Crippen LogP contribution in [0.1, 0.15) is 38.3 Å². The highest BCUT2D eigenvalue weighted by Crippen LogP contribution is 2.38. The molecule has 0 aliphatic heterocycles. The standard InChI is InChI=1S/C26H29N2O2/c1-19(18-26(2,3)21-15-24(29-4)17-25(16-21)30-5)20-11-13-23(14-12-20)28-27-22-9-7-6-8-10-22/h6-17H,18H2,1-5H3. The first-order valence-electron chi connectivity index (χ1n) is 10.0. The summed E-state index contributed by atoms with van der Waals surface area (Å²) in [5.74, 6) is 2.93. The second-order valence-corrected chi connectivity index (χ2v) is 8.02. The molecule has 0 bridgehead atoms. The Balaban J connectivity index is 1.72. The predicted octanol–water partition coefficient (Wildman–Crippen LogP) is 7.43. The summed E-state index contributed by atoms with van der Waals surface area (Å²) in [4.78, 5) is 0. The molecule has 30 heavy (non-hydrogen) atoms. The minimum atomic E-state index is -0.0718. The molecule has 3 rings (SSSR count). The summed E-state index contributed by atoms with van der Waals surface area (Å²) >= 11 is 0. The van der Waals surface area contributed by atoms with Gasteiger partial charge in [0.05, 0.1) is 25.6 Å². The van der Waals surface area contributed by atoms with E-state index in [1.807, 2.05) is 48.5 Å². The number of hydrogen-bond acceptors (Lipinski definition) is 4. The molecule has 155 valence electrons. The first-order valence-corrected chi connectivity index (χ1v) is 10.0. The summed E-state index contributed by atoms with van der Waals surface area (Å²) in [6, 6.07) is 24.1. The zero-order chi connectivity index (χ0) is 21.6. The first kappa shape index (κ1) is 21.6. The average Bonchev–Trinajstić information content (AvgIpc) is 2.78. The molecular weight excluding hydrogens is 372 g/mol. The third-order valence-corrected chi connectivity index (χ3v) is 5.24. The highest BCUT2D eigenvalue weighted by molar-refractivity contribution is 5.46. The minimum absolute atomic E-state index is 0.0718. The van der Waals surface area contributed by atoms with E-state index in [9.17, 15) is 0 Å². The van der Waals surface area contributed by atoms with Gasteiger partial charge in [-0.3, -0.25) is 0 Å². The molecule has 0 unspecified atom stereocenters. The number of hydrogen-bond donors (Lipinski definition) is 0. The molecule has 0 aromatic heterocycles. The summed E-state index contributed by atoms with van der Waals surface area (Å²) in [6.45, 7) is 6.67. The van der Waals surface area contributed by atoms with Crippen molar-refractivity contribution in [1.82, 2.24) is 0 Å². The van der Waals surface area contributed by atoms with E-state index in [-0.39, 0.29) is 5.41 Å². The molecule has 3 aromatic rings. The summed E-state index contributed by atoms with van der Waals surface area (Å²) in [7, 11) is 3.36. The number of azo groups is 1. The zero-order valence-electron chi connectivity index (χ0n) is 18.3. The van der Waals surface area contributed by atoms with Gasteiger partial charge in [-0.2, -0.15) is 10.2 Å². The van der Waals surface area contributed by atoms with E-state index in [1.54, 1.807) is 14.2 Å². The maximum atomic E-state index is 5.44. The highest BCUT2D eigenvalue weighted by atomic mass is 16.5. The van der Waals surface area contributed by atoms with Crippen molar-refractivity contribution in [2.75, 3.05) is 14.2 Å².